The van der Waals surface area contributed by atoms with Crippen LogP contribution in [0.25, 0.3) is 0 Å². The number of hydrogen-bond acceptors (Lipinski definition) is 10. The summed E-state index contributed by atoms with van der Waals surface area (Å²) in [5, 5.41) is 60.2. The second-order valence-electron chi connectivity index (χ2n) is 4.97. The number of amidine groups is 1. The number of nitrogens with zero attached hydrogens (tertiary/aromatic N) is 3. The van der Waals surface area contributed by atoms with Gasteiger partial charge in [-0.2, -0.15) is 0 Å². The van der Waals surface area contributed by atoms with E-state index in [4.69, 9.17) is 5.11 Å². The molecule has 2 rings (SSSR count). The van der Waals surface area contributed by atoms with Crippen LogP contribution in [0.1, 0.15) is 0 Å². The van der Waals surface area contributed by atoms with Gasteiger partial charge in [0.25, 0.3) is 0 Å². The number of imide groups is 1. The van der Waals surface area contributed by atoms with Crippen LogP contribution >= 0.6 is 0 Å². The van der Waals surface area contributed by atoms with E-state index in [9.17, 15) is 40.1 Å². The van der Waals surface area contributed by atoms with E-state index in [2.05, 4.69) is 4.99 Å². The molecule has 0 saturated carbocycles. The monoisotopic (exact) mass is 334 g/mol. The van der Waals surface area contributed by atoms with Crippen molar-refractivity contribution in [1.29, 1.82) is 0 Å². The Morgan fingerprint density at radius 3 is 2.48 bits per heavy atom. The molecule has 6 unspecified atom stereocenters. The van der Waals surface area contributed by atoms with Crippen LogP contribution in [0, 0.1) is 10.1 Å². The Morgan fingerprint density at radius 1 is 1.35 bits per heavy atom. The lowest BCUT2D eigenvalue weighted by atomic mass is 10.0. The molecule has 2 aliphatic heterocycles. The Kier molecular flexibility index (Phi) is 4.58. The molecule has 13 nitrogen and oxygen atoms in total. The lowest BCUT2D eigenvalue weighted by molar-refractivity contribution is -0.490. The summed E-state index contributed by atoms with van der Waals surface area (Å²) in [5.41, 5.74) is 0. The molecule has 1 saturated heterocycles. The van der Waals surface area contributed by atoms with E-state index in [1.165, 1.54) is 0 Å². The average Bonchev–Trinajstić information content (AvgIpc) is 2.82. The third-order valence-electron chi connectivity index (χ3n) is 3.53. The molecule has 0 aromatic carbocycles. The van der Waals surface area contributed by atoms with Crippen molar-refractivity contribution in [3.05, 3.63) is 10.1 Å². The number of aliphatic imine (C=N–C) groups is 1. The van der Waals surface area contributed by atoms with E-state index in [-0.39, 0.29) is 0 Å². The minimum atomic E-state index is -2.07. The van der Waals surface area contributed by atoms with Gasteiger partial charge in [0.1, 0.15) is 24.4 Å². The molecular formula is C10H14N4O9. The highest BCUT2D eigenvalue weighted by Gasteiger charge is 2.55. The number of carbonyl (C=O) groups is 2. The van der Waals surface area contributed by atoms with E-state index in [0.29, 0.717) is 4.90 Å². The largest absolute Gasteiger partial charge is 0.394 e. The highest BCUT2D eigenvalue weighted by Crippen LogP contribution is 2.25. The molecule has 23 heavy (non-hydrogen) atoms. The summed E-state index contributed by atoms with van der Waals surface area (Å²) in [6, 6.07) is -4.90. The zero-order chi connectivity index (χ0) is 17.5. The molecule has 0 radical (unpaired) electrons. The van der Waals surface area contributed by atoms with Gasteiger partial charge in [-0.25, -0.2) is 9.69 Å². The first-order chi connectivity index (χ1) is 10.7. The first kappa shape index (κ1) is 17.2. The Balaban J connectivity index is 2.35. The van der Waals surface area contributed by atoms with E-state index < -0.39 is 65.9 Å². The molecule has 0 aliphatic carbocycles. The molecule has 6 N–H and O–H groups in total. The van der Waals surface area contributed by atoms with Crippen LogP contribution in [0.3, 0.4) is 0 Å². The number of hydrogen-bond donors (Lipinski definition) is 6. The molecule has 2 heterocycles. The van der Waals surface area contributed by atoms with Gasteiger partial charge in [-0.3, -0.25) is 25.2 Å². The number of rotatable bonds is 5. The van der Waals surface area contributed by atoms with Gasteiger partial charge in [-0.15, -0.1) is 0 Å². The molecule has 128 valence electrons. The summed E-state index contributed by atoms with van der Waals surface area (Å²) in [6.45, 7) is -0.905. The number of urea groups is 1. The molecule has 3 amide bonds. The minimum absolute atomic E-state index is 0.417. The van der Waals surface area contributed by atoms with Gasteiger partial charge >= 0.3 is 18.0 Å². The quantitative estimate of drug-likeness (QED) is 0.211. The Hall–Kier alpha value is -2.19. The summed E-state index contributed by atoms with van der Waals surface area (Å²) in [5.74, 6) is -1.95. The van der Waals surface area contributed by atoms with Gasteiger partial charge in [0.15, 0.2) is 12.1 Å². The van der Waals surface area contributed by atoms with Crippen LogP contribution in [-0.4, -0.2) is 96.4 Å². The van der Waals surface area contributed by atoms with Crippen molar-refractivity contribution >= 4 is 17.8 Å². The van der Waals surface area contributed by atoms with Crippen molar-refractivity contribution in [2.24, 2.45) is 4.99 Å². The number of nitro groups is 1. The Bertz CT molecular complexity index is 567. The van der Waals surface area contributed by atoms with Gasteiger partial charge < -0.3 is 25.5 Å². The molecule has 13 heteroatoms. The maximum absolute atomic E-state index is 11.7. The zero-order valence-corrected chi connectivity index (χ0v) is 11.4. The molecule has 6 atom stereocenters. The summed E-state index contributed by atoms with van der Waals surface area (Å²) in [4.78, 5) is 37.1. The smallest absolute Gasteiger partial charge is 0.346 e. The number of fused-ring (bicyclic) bond motifs is 1. The first-order valence-corrected chi connectivity index (χ1v) is 6.39. The van der Waals surface area contributed by atoms with Crippen molar-refractivity contribution in [3.63, 3.8) is 0 Å². The van der Waals surface area contributed by atoms with Gasteiger partial charge in [-0.1, -0.05) is 0 Å². The summed E-state index contributed by atoms with van der Waals surface area (Å²) >= 11 is 0. The van der Waals surface area contributed by atoms with Crippen LogP contribution in [0.5, 0.6) is 0 Å². The minimum Gasteiger partial charge on any atom is -0.394 e. The fraction of sp³-hybridized carbons (Fsp3) is 0.700. The van der Waals surface area contributed by atoms with Crippen LogP contribution in [0.2, 0.25) is 0 Å². The van der Waals surface area contributed by atoms with Gasteiger partial charge in [0.05, 0.1) is 6.61 Å². The number of aliphatic hydroxyl groups is 5. The molecular weight excluding hydrogens is 320 g/mol. The highest BCUT2D eigenvalue weighted by molar-refractivity contribution is 6.20. The number of amides is 3. The predicted octanol–water partition coefficient (Wildman–Crippen LogP) is -4.64. The molecule has 0 bridgehead atoms. The second kappa shape index (κ2) is 6.13. The van der Waals surface area contributed by atoms with Gasteiger partial charge in [0.2, 0.25) is 0 Å². The van der Waals surface area contributed by atoms with Gasteiger partial charge in [0, 0.05) is 4.92 Å². The topological polar surface area (TPSA) is 206 Å². The maximum atomic E-state index is 11.7. The average molecular weight is 334 g/mol. The first-order valence-electron chi connectivity index (χ1n) is 6.39. The normalized spacial score (nSPS) is 31.1. The maximum Gasteiger partial charge on any atom is 0.346 e. The highest BCUT2D eigenvalue weighted by atomic mass is 16.6. The molecule has 0 spiro atoms. The third kappa shape index (κ3) is 2.75. The molecule has 0 aromatic heterocycles. The molecule has 2 aliphatic rings. The predicted molar refractivity (Wildman–Crippen MR) is 68.5 cm³/mol. The lowest BCUT2D eigenvalue weighted by Crippen LogP contribution is -2.64. The zero-order valence-electron chi connectivity index (χ0n) is 11.4. The van der Waals surface area contributed by atoms with Crippen molar-refractivity contribution < 1.29 is 40.0 Å². The number of nitrogens with one attached hydrogen (secondary N) is 1. The van der Waals surface area contributed by atoms with Crippen molar-refractivity contribution in [1.82, 2.24) is 10.2 Å². The lowest BCUT2D eigenvalue weighted by Gasteiger charge is -2.30. The van der Waals surface area contributed by atoms with E-state index in [1.54, 1.807) is 5.32 Å². The third-order valence-corrected chi connectivity index (χ3v) is 3.53. The van der Waals surface area contributed by atoms with Crippen LogP contribution in [0.15, 0.2) is 4.99 Å². The fourth-order valence-electron chi connectivity index (χ4n) is 2.33. The summed E-state index contributed by atoms with van der Waals surface area (Å²) in [7, 11) is 0. The summed E-state index contributed by atoms with van der Waals surface area (Å²) < 4.78 is 0. The van der Waals surface area contributed by atoms with Crippen molar-refractivity contribution in [3.8, 4) is 0 Å². The van der Waals surface area contributed by atoms with E-state index in [0.717, 1.165) is 0 Å². The van der Waals surface area contributed by atoms with Gasteiger partial charge in [-0.05, 0) is 0 Å². The summed E-state index contributed by atoms with van der Waals surface area (Å²) in [6.07, 6.45) is -7.58. The number of aliphatic hydroxyl groups excluding tert-OH is 5. The molecule has 1 fully saturated rings. The Labute approximate surface area is 127 Å². The molecule has 0 aromatic rings. The second-order valence-corrected chi connectivity index (χ2v) is 4.97. The van der Waals surface area contributed by atoms with Crippen LogP contribution in [-0.2, 0) is 4.79 Å². The van der Waals surface area contributed by atoms with Crippen molar-refractivity contribution in [2.75, 3.05) is 6.61 Å². The van der Waals surface area contributed by atoms with E-state index >= 15 is 0 Å². The van der Waals surface area contributed by atoms with Crippen LogP contribution < -0.4 is 5.32 Å². The Morgan fingerprint density at radius 2 is 1.96 bits per heavy atom. The van der Waals surface area contributed by atoms with Crippen LogP contribution in [0.4, 0.5) is 4.79 Å². The number of carbonyl (C=O) groups excluding carboxylic acids is 2. The van der Waals surface area contributed by atoms with E-state index in [1.807, 2.05) is 0 Å². The van der Waals surface area contributed by atoms with Crippen molar-refractivity contribution in [2.45, 2.75) is 36.6 Å². The fourth-order valence-corrected chi connectivity index (χ4v) is 2.33. The SMILES string of the molecule is O=C1NC(=O)N2C(=NC(C(O)C(O)C(O)CO)C2O)C1[N+](=O)[O-]. The standard InChI is InChI=1S/C10H14N4O9/c15-1-2(16)5(17)6(18)3-9(20)13-7(11-3)4(14(22)23)8(19)12-10(13)21/h2-6,9,15-18,20H,1H2,(H,12,19,21).